The molecule has 0 bridgehead atoms. The Hall–Kier alpha value is -0.840. The number of hydrogen-bond acceptors (Lipinski definition) is 3. The molecule has 0 saturated heterocycles. The number of nitrogens with two attached hydrogens (primary N) is 1. The highest BCUT2D eigenvalue weighted by Crippen LogP contribution is 2.27. The molecule has 0 aromatic heterocycles. The van der Waals surface area contributed by atoms with Crippen molar-refractivity contribution in [2.24, 2.45) is 5.73 Å². The van der Waals surface area contributed by atoms with E-state index in [0.717, 1.165) is 18.5 Å². The fourth-order valence-corrected chi connectivity index (χ4v) is 2.91. The van der Waals surface area contributed by atoms with Gasteiger partial charge in [0.05, 0.1) is 17.2 Å². The van der Waals surface area contributed by atoms with Crippen LogP contribution in [0.2, 0.25) is 5.02 Å². The van der Waals surface area contributed by atoms with Crippen molar-refractivity contribution in [3.8, 4) is 0 Å². The summed E-state index contributed by atoms with van der Waals surface area (Å²) in [6.45, 7) is 0. The molecular formula is C13H17ClN2OS. The number of halogens is 1. The zero-order chi connectivity index (χ0) is 13.1. The van der Waals surface area contributed by atoms with Gasteiger partial charge in [-0.1, -0.05) is 23.8 Å². The molecule has 2 rings (SSSR count). The lowest BCUT2D eigenvalue weighted by Crippen LogP contribution is -2.29. The van der Waals surface area contributed by atoms with Gasteiger partial charge in [-0.15, -0.1) is 0 Å². The molecule has 0 radical (unpaired) electrons. The second-order valence-electron chi connectivity index (χ2n) is 4.51. The number of benzene rings is 1. The molecule has 0 aliphatic heterocycles. The van der Waals surface area contributed by atoms with Crippen molar-refractivity contribution in [1.82, 2.24) is 0 Å². The number of rotatable bonds is 4. The summed E-state index contributed by atoms with van der Waals surface area (Å²) in [6, 6.07) is 6.01. The molecule has 1 aromatic carbocycles. The molecule has 18 heavy (non-hydrogen) atoms. The zero-order valence-corrected chi connectivity index (χ0v) is 11.9. The predicted octanol–water partition coefficient (Wildman–Crippen LogP) is 2.95. The molecule has 3 N–H and O–H groups in total. The minimum atomic E-state index is 0.277. The first kappa shape index (κ1) is 13.6. The van der Waals surface area contributed by atoms with Crippen LogP contribution in [0.4, 0.5) is 5.69 Å². The summed E-state index contributed by atoms with van der Waals surface area (Å²) in [7, 11) is 1.76. The van der Waals surface area contributed by atoms with Gasteiger partial charge in [0.2, 0.25) is 0 Å². The van der Waals surface area contributed by atoms with Gasteiger partial charge in [0.25, 0.3) is 0 Å². The van der Waals surface area contributed by atoms with Gasteiger partial charge in [-0.05, 0) is 37.5 Å². The van der Waals surface area contributed by atoms with Crippen LogP contribution in [0.5, 0.6) is 0 Å². The largest absolute Gasteiger partial charge is 0.389 e. The zero-order valence-electron chi connectivity index (χ0n) is 10.3. The van der Waals surface area contributed by atoms with E-state index in [1.165, 1.54) is 6.42 Å². The molecule has 0 amide bonds. The maximum atomic E-state index is 6.14. The Morgan fingerprint density at radius 1 is 1.50 bits per heavy atom. The monoisotopic (exact) mass is 284 g/mol. The first-order valence-corrected chi connectivity index (χ1v) is 6.79. The molecule has 0 heterocycles. The summed E-state index contributed by atoms with van der Waals surface area (Å²) in [5.41, 5.74) is 7.27. The molecule has 98 valence electrons. The molecule has 1 aromatic rings. The van der Waals surface area contributed by atoms with Crippen LogP contribution in [0.1, 0.15) is 24.8 Å². The number of nitrogens with one attached hydrogen (secondary N) is 1. The van der Waals surface area contributed by atoms with Crippen LogP contribution in [0, 0.1) is 0 Å². The van der Waals surface area contributed by atoms with Crippen molar-refractivity contribution in [3.05, 3.63) is 28.8 Å². The van der Waals surface area contributed by atoms with E-state index in [4.69, 9.17) is 34.3 Å². The number of ether oxygens (including phenoxy) is 1. The predicted molar refractivity (Wildman–Crippen MR) is 79.4 cm³/mol. The summed E-state index contributed by atoms with van der Waals surface area (Å²) < 4.78 is 5.45. The van der Waals surface area contributed by atoms with Crippen LogP contribution in [-0.4, -0.2) is 24.2 Å². The average molecular weight is 285 g/mol. The highest BCUT2D eigenvalue weighted by Gasteiger charge is 2.26. The van der Waals surface area contributed by atoms with Crippen molar-refractivity contribution in [1.29, 1.82) is 0 Å². The van der Waals surface area contributed by atoms with Crippen LogP contribution >= 0.6 is 23.8 Å². The van der Waals surface area contributed by atoms with E-state index in [1.54, 1.807) is 7.11 Å². The van der Waals surface area contributed by atoms with Crippen LogP contribution in [0.25, 0.3) is 0 Å². The highest BCUT2D eigenvalue weighted by molar-refractivity contribution is 7.80. The molecule has 1 fully saturated rings. The lowest BCUT2D eigenvalue weighted by atomic mass is 10.1. The Balaban J connectivity index is 2.10. The summed E-state index contributed by atoms with van der Waals surface area (Å²) in [6.07, 6.45) is 3.69. The number of methoxy groups -OCH3 is 1. The minimum Gasteiger partial charge on any atom is -0.389 e. The van der Waals surface area contributed by atoms with E-state index in [0.29, 0.717) is 21.6 Å². The van der Waals surface area contributed by atoms with Crippen LogP contribution in [0.15, 0.2) is 18.2 Å². The number of anilines is 1. The van der Waals surface area contributed by atoms with E-state index in [-0.39, 0.29) is 6.10 Å². The van der Waals surface area contributed by atoms with E-state index in [1.807, 2.05) is 18.2 Å². The second-order valence-corrected chi connectivity index (χ2v) is 5.36. The third-order valence-corrected chi connectivity index (χ3v) is 3.87. The maximum Gasteiger partial charge on any atom is 0.105 e. The molecular weight excluding hydrogens is 268 g/mol. The third kappa shape index (κ3) is 2.94. The maximum absolute atomic E-state index is 6.14. The molecule has 2 atom stereocenters. The van der Waals surface area contributed by atoms with Gasteiger partial charge < -0.3 is 15.8 Å². The van der Waals surface area contributed by atoms with Crippen LogP contribution in [0.3, 0.4) is 0 Å². The molecule has 2 unspecified atom stereocenters. The van der Waals surface area contributed by atoms with Gasteiger partial charge in [0.1, 0.15) is 4.99 Å². The SMILES string of the molecule is COC1CCCC1Nc1ccc(C(N)=S)c(Cl)c1. The van der Waals surface area contributed by atoms with Crippen molar-refractivity contribution in [2.45, 2.75) is 31.4 Å². The molecule has 3 nitrogen and oxygen atoms in total. The Morgan fingerprint density at radius 3 is 2.89 bits per heavy atom. The van der Waals surface area contributed by atoms with Gasteiger partial charge in [-0.2, -0.15) is 0 Å². The first-order valence-electron chi connectivity index (χ1n) is 6.00. The van der Waals surface area contributed by atoms with E-state index < -0.39 is 0 Å². The van der Waals surface area contributed by atoms with E-state index >= 15 is 0 Å². The van der Waals surface area contributed by atoms with Crippen molar-refractivity contribution < 1.29 is 4.74 Å². The quantitative estimate of drug-likeness (QED) is 0.835. The molecule has 5 heteroatoms. The average Bonchev–Trinajstić information content (AvgIpc) is 2.76. The summed E-state index contributed by atoms with van der Waals surface area (Å²) in [5.74, 6) is 0. The fraction of sp³-hybridized carbons (Fsp3) is 0.462. The lowest BCUT2D eigenvalue weighted by molar-refractivity contribution is 0.101. The molecule has 1 aliphatic carbocycles. The Bertz CT molecular complexity index is 453. The topological polar surface area (TPSA) is 47.3 Å². The highest BCUT2D eigenvalue weighted by atomic mass is 35.5. The van der Waals surface area contributed by atoms with Crippen LogP contribution in [-0.2, 0) is 4.74 Å². The first-order chi connectivity index (χ1) is 8.61. The second kappa shape index (κ2) is 5.87. The molecule has 1 saturated carbocycles. The van der Waals surface area contributed by atoms with E-state index in [2.05, 4.69) is 5.32 Å². The smallest absolute Gasteiger partial charge is 0.105 e. The fourth-order valence-electron chi connectivity index (χ4n) is 2.39. The molecule has 1 aliphatic rings. The minimum absolute atomic E-state index is 0.277. The van der Waals surface area contributed by atoms with Crippen molar-refractivity contribution in [3.63, 3.8) is 0 Å². The summed E-state index contributed by atoms with van der Waals surface area (Å²) in [4.78, 5) is 0.321. The normalized spacial score (nSPS) is 23.0. The standard InChI is InChI=1S/C13H17ClN2OS/c1-17-12-4-2-3-11(12)16-8-5-6-9(13(15)18)10(14)7-8/h5-7,11-12,16H,2-4H2,1H3,(H2,15,18). The summed E-state index contributed by atoms with van der Waals surface area (Å²) in [5, 5.41) is 4.04. The third-order valence-electron chi connectivity index (χ3n) is 3.34. The van der Waals surface area contributed by atoms with Gasteiger partial charge >= 0.3 is 0 Å². The Labute approximate surface area is 118 Å². The lowest BCUT2D eigenvalue weighted by Gasteiger charge is -2.21. The van der Waals surface area contributed by atoms with Gasteiger partial charge in [-0.3, -0.25) is 0 Å². The molecule has 0 spiro atoms. The Morgan fingerprint density at radius 2 is 2.28 bits per heavy atom. The van der Waals surface area contributed by atoms with Crippen LogP contribution < -0.4 is 11.1 Å². The van der Waals surface area contributed by atoms with Gasteiger partial charge in [-0.25, -0.2) is 0 Å². The van der Waals surface area contributed by atoms with Crippen molar-refractivity contribution in [2.75, 3.05) is 12.4 Å². The Kier molecular flexibility index (Phi) is 4.43. The number of thiocarbonyl (C=S) groups is 1. The van der Waals surface area contributed by atoms with E-state index in [9.17, 15) is 0 Å². The van der Waals surface area contributed by atoms with Gasteiger partial charge in [0, 0.05) is 18.4 Å². The van der Waals surface area contributed by atoms with Crippen molar-refractivity contribution >= 4 is 34.5 Å². The summed E-state index contributed by atoms with van der Waals surface area (Å²) >= 11 is 11.1. The van der Waals surface area contributed by atoms with Gasteiger partial charge in [0.15, 0.2) is 0 Å². The number of hydrogen-bond donors (Lipinski definition) is 2.